The summed E-state index contributed by atoms with van der Waals surface area (Å²) in [6, 6.07) is 22.9. The minimum atomic E-state index is -0.0445. The fraction of sp³-hybridized carbons (Fsp3) is 0.286. The number of rotatable bonds is 6. The molecule has 0 aliphatic heterocycles. The molecule has 0 unspecified atom stereocenters. The van der Waals surface area contributed by atoms with Gasteiger partial charge in [0.15, 0.2) is 5.69 Å². The molecule has 0 aliphatic rings. The van der Waals surface area contributed by atoms with Gasteiger partial charge in [0.05, 0.1) is 5.52 Å². The predicted octanol–water partition coefficient (Wildman–Crippen LogP) is 6.05. The normalized spacial score (nSPS) is 11.6. The van der Waals surface area contributed by atoms with E-state index in [1.807, 2.05) is 48.4 Å². The highest BCUT2D eigenvalue weighted by Gasteiger charge is 2.22. The highest BCUT2D eigenvalue weighted by Crippen LogP contribution is 2.24. The molecule has 2 aromatic heterocycles. The van der Waals surface area contributed by atoms with Crippen molar-refractivity contribution >= 4 is 16.8 Å². The number of fused-ring (bicyclic) bond motifs is 1. The summed E-state index contributed by atoms with van der Waals surface area (Å²) in [5, 5.41) is 1.01. The lowest BCUT2D eigenvalue weighted by atomic mass is 9.87. The van der Waals surface area contributed by atoms with Crippen LogP contribution in [0.1, 0.15) is 53.6 Å². The number of carbonyl (C=O) groups excluding carboxylic acids is 1. The maximum Gasteiger partial charge on any atom is 0.274 e. The van der Waals surface area contributed by atoms with E-state index >= 15 is 0 Å². The second-order valence-corrected chi connectivity index (χ2v) is 9.46. The molecule has 1 amide bonds. The van der Waals surface area contributed by atoms with Crippen molar-refractivity contribution in [3.05, 3.63) is 101 Å². The van der Waals surface area contributed by atoms with Crippen LogP contribution in [0.25, 0.3) is 10.9 Å². The zero-order chi connectivity index (χ0) is 22.7. The van der Waals surface area contributed by atoms with Gasteiger partial charge in [-0.25, -0.2) is 4.98 Å². The first-order valence-corrected chi connectivity index (χ1v) is 11.2. The Labute approximate surface area is 190 Å². The van der Waals surface area contributed by atoms with Crippen molar-refractivity contribution in [1.82, 2.24) is 14.9 Å². The van der Waals surface area contributed by atoms with Crippen LogP contribution in [0.3, 0.4) is 0 Å². The summed E-state index contributed by atoms with van der Waals surface area (Å²) in [5.74, 6) is -0.0445. The molecule has 2 heterocycles. The van der Waals surface area contributed by atoms with Gasteiger partial charge in [0.25, 0.3) is 5.91 Å². The Balaban J connectivity index is 1.63. The Bertz CT molecular complexity index is 1200. The fourth-order valence-corrected chi connectivity index (χ4v) is 3.99. The molecule has 4 nitrogen and oxygen atoms in total. The number of hydrogen-bond acceptors (Lipinski definition) is 2. The molecule has 1 N–H and O–H groups in total. The topological polar surface area (TPSA) is 49.0 Å². The molecule has 0 radical (unpaired) electrons. The number of aromatic nitrogens is 2. The van der Waals surface area contributed by atoms with Crippen LogP contribution in [-0.2, 0) is 18.4 Å². The van der Waals surface area contributed by atoms with Crippen molar-refractivity contribution < 1.29 is 4.79 Å². The van der Waals surface area contributed by atoms with E-state index in [0.29, 0.717) is 18.8 Å². The maximum absolute atomic E-state index is 13.7. The highest BCUT2D eigenvalue weighted by atomic mass is 16.2. The molecular weight excluding hydrogens is 394 g/mol. The van der Waals surface area contributed by atoms with Gasteiger partial charge in [-0.05, 0) is 47.6 Å². The van der Waals surface area contributed by atoms with Crippen molar-refractivity contribution in [2.75, 3.05) is 6.54 Å². The SMILES string of the molecule is Cc1cc2cc[nH]c2c(C(=O)N(CCc2ccccc2)Cc2ccc(C(C)(C)C)cc2)n1. The van der Waals surface area contributed by atoms with Crippen molar-refractivity contribution in [1.29, 1.82) is 0 Å². The summed E-state index contributed by atoms with van der Waals surface area (Å²) in [7, 11) is 0. The van der Waals surface area contributed by atoms with E-state index in [1.54, 1.807) is 0 Å². The summed E-state index contributed by atoms with van der Waals surface area (Å²) in [5.41, 5.74) is 5.87. The minimum Gasteiger partial charge on any atom is -0.359 e. The number of aromatic amines is 1. The van der Waals surface area contributed by atoms with Crippen molar-refractivity contribution in [3.63, 3.8) is 0 Å². The number of amides is 1. The summed E-state index contributed by atoms with van der Waals surface area (Å²) < 4.78 is 0. The van der Waals surface area contributed by atoms with E-state index in [4.69, 9.17) is 0 Å². The van der Waals surface area contributed by atoms with Gasteiger partial charge in [-0.1, -0.05) is 75.4 Å². The summed E-state index contributed by atoms with van der Waals surface area (Å²) in [6.07, 6.45) is 2.66. The Hall–Kier alpha value is -3.40. The third-order valence-corrected chi connectivity index (χ3v) is 5.86. The lowest BCUT2D eigenvalue weighted by Crippen LogP contribution is -2.33. The van der Waals surface area contributed by atoms with Crippen LogP contribution in [0, 0.1) is 6.92 Å². The molecule has 0 fully saturated rings. The smallest absolute Gasteiger partial charge is 0.274 e. The fourth-order valence-electron chi connectivity index (χ4n) is 3.99. The van der Waals surface area contributed by atoms with E-state index in [9.17, 15) is 4.79 Å². The minimum absolute atomic E-state index is 0.0445. The van der Waals surface area contributed by atoms with E-state index in [0.717, 1.165) is 28.6 Å². The number of hydrogen-bond donors (Lipinski definition) is 1. The van der Waals surface area contributed by atoms with Gasteiger partial charge in [-0.15, -0.1) is 0 Å². The van der Waals surface area contributed by atoms with Gasteiger partial charge in [-0.3, -0.25) is 4.79 Å². The molecule has 0 aliphatic carbocycles. The Morgan fingerprint density at radius 3 is 2.38 bits per heavy atom. The van der Waals surface area contributed by atoms with Gasteiger partial charge in [-0.2, -0.15) is 0 Å². The molecule has 4 heteroatoms. The monoisotopic (exact) mass is 425 g/mol. The number of H-pyrrole nitrogens is 1. The largest absolute Gasteiger partial charge is 0.359 e. The lowest BCUT2D eigenvalue weighted by molar-refractivity contribution is 0.0741. The van der Waals surface area contributed by atoms with Gasteiger partial charge in [0.1, 0.15) is 0 Å². The zero-order valence-corrected chi connectivity index (χ0v) is 19.4. The first kappa shape index (κ1) is 21.8. The Morgan fingerprint density at radius 1 is 0.969 bits per heavy atom. The van der Waals surface area contributed by atoms with Gasteiger partial charge >= 0.3 is 0 Å². The molecule has 0 spiro atoms. The number of benzene rings is 2. The van der Waals surface area contributed by atoms with E-state index in [2.05, 4.69) is 67.1 Å². The standard InChI is InChI=1S/C28H31N3O/c1-20-18-23-14-16-29-25(23)26(30-20)27(32)31(17-15-21-8-6-5-7-9-21)19-22-10-12-24(13-11-22)28(2,3)4/h5-14,16,18,29H,15,17,19H2,1-4H3. The molecule has 32 heavy (non-hydrogen) atoms. The number of nitrogens with zero attached hydrogens (tertiary/aromatic N) is 2. The van der Waals surface area contributed by atoms with Gasteiger partial charge < -0.3 is 9.88 Å². The second kappa shape index (κ2) is 8.99. The predicted molar refractivity (Wildman–Crippen MR) is 131 cm³/mol. The molecule has 0 saturated carbocycles. The Kier molecular flexibility index (Phi) is 6.13. The third-order valence-electron chi connectivity index (χ3n) is 5.86. The number of nitrogens with one attached hydrogen (secondary N) is 1. The van der Waals surface area contributed by atoms with Crippen LogP contribution >= 0.6 is 0 Å². The number of carbonyl (C=O) groups is 1. The molecule has 4 rings (SSSR count). The Morgan fingerprint density at radius 2 is 1.69 bits per heavy atom. The summed E-state index contributed by atoms with van der Waals surface area (Å²) in [4.78, 5) is 23.4. The zero-order valence-electron chi connectivity index (χ0n) is 19.4. The van der Waals surface area contributed by atoms with Crippen LogP contribution in [0.4, 0.5) is 0 Å². The summed E-state index contributed by atoms with van der Waals surface area (Å²) in [6.45, 7) is 9.74. The average molecular weight is 426 g/mol. The van der Waals surface area contributed by atoms with Crippen LogP contribution in [0.5, 0.6) is 0 Å². The second-order valence-electron chi connectivity index (χ2n) is 9.46. The molecule has 4 aromatic rings. The van der Waals surface area contributed by atoms with Crippen molar-refractivity contribution in [2.24, 2.45) is 0 Å². The van der Waals surface area contributed by atoms with Gasteiger partial charge in [0.2, 0.25) is 0 Å². The van der Waals surface area contributed by atoms with E-state index in [-0.39, 0.29) is 11.3 Å². The molecule has 0 atom stereocenters. The molecule has 164 valence electrons. The van der Waals surface area contributed by atoms with E-state index in [1.165, 1.54) is 11.1 Å². The van der Waals surface area contributed by atoms with Crippen molar-refractivity contribution in [3.8, 4) is 0 Å². The maximum atomic E-state index is 13.7. The quantitative estimate of drug-likeness (QED) is 0.408. The van der Waals surface area contributed by atoms with Crippen LogP contribution in [0.2, 0.25) is 0 Å². The van der Waals surface area contributed by atoms with Crippen molar-refractivity contribution in [2.45, 2.75) is 46.1 Å². The number of pyridine rings is 1. The molecule has 2 aromatic carbocycles. The van der Waals surface area contributed by atoms with Crippen LogP contribution < -0.4 is 0 Å². The third kappa shape index (κ3) is 4.91. The van der Waals surface area contributed by atoms with Gasteiger partial charge in [0, 0.05) is 30.4 Å². The molecule has 0 bridgehead atoms. The van der Waals surface area contributed by atoms with Crippen LogP contribution in [0.15, 0.2) is 72.9 Å². The molecule has 0 saturated heterocycles. The highest BCUT2D eigenvalue weighted by molar-refractivity contribution is 6.04. The summed E-state index contributed by atoms with van der Waals surface area (Å²) >= 11 is 0. The number of aryl methyl sites for hydroxylation is 1. The molecular formula is C28H31N3O. The first-order chi connectivity index (χ1) is 15.3. The lowest BCUT2D eigenvalue weighted by Gasteiger charge is -2.24. The first-order valence-electron chi connectivity index (χ1n) is 11.2. The average Bonchev–Trinajstić information content (AvgIpc) is 3.24. The van der Waals surface area contributed by atoms with Crippen LogP contribution in [-0.4, -0.2) is 27.3 Å². The van der Waals surface area contributed by atoms with E-state index < -0.39 is 0 Å².